The van der Waals surface area contributed by atoms with Crippen LogP contribution in [0.2, 0.25) is 0 Å². The van der Waals surface area contributed by atoms with Crippen LogP contribution in [0.4, 0.5) is 4.39 Å². The molecule has 0 bridgehead atoms. The average molecular weight is 266 g/mol. The number of carbonyl (C=O) groups excluding carboxylic acids is 1. The largest absolute Gasteiger partial charge is 0.392 e. The molecule has 1 saturated carbocycles. The molecule has 1 aliphatic rings. The van der Waals surface area contributed by atoms with Gasteiger partial charge in [-0.25, -0.2) is 4.39 Å². The minimum Gasteiger partial charge on any atom is -0.392 e. The molecule has 5 heteroatoms. The van der Waals surface area contributed by atoms with E-state index in [9.17, 15) is 9.18 Å². The van der Waals surface area contributed by atoms with E-state index in [2.05, 4.69) is 5.32 Å². The van der Waals surface area contributed by atoms with Crippen molar-refractivity contribution >= 4 is 23.1 Å². The van der Waals surface area contributed by atoms with Gasteiger partial charge < -0.3 is 11.1 Å². The van der Waals surface area contributed by atoms with E-state index in [0.717, 1.165) is 5.56 Å². The smallest absolute Gasteiger partial charge is 0.233 e. The van der Waals surface area contributed by atoms with E-state index < -0.39 is 5.41 Å². The second kappa shape index (κ2) is 4.65. The summed E-state index contributed by atoms with van der Waals surface area (Å²) in [4.78, 5) is 12.3. The quantitative estimate of drug-likeness (QED) is 0.820. The van der Waals surface area contributed by atoms with Crippen molar-refractivity contribution in [2.75, 3.05) is 0 Å². The molecule has 0 radical (unpaired) electrons. The van der Waals surface area contributed by atoms with Gasteiger partial charge in [0, 0.05) is 0 Å². The molecule has 1 fully saturated rings. The van der Waals surface area contributed by atoms with E-state index in [1.54, 1.807) is 12.1 Å². The molecule has 0 saturated heterocycles. The van der Waals surface area contributed by atoms with Crippen molar-refractivity contribution in [2.24, 2.45) is 11.1 Å². The predicted octanol–water partition coefficient (Wildman–Crippen LogP) is 2.07. The fourth-order valence-electron chi connectivity index (χ4n) is 1.88. The lowest BCUT2D eigenvalue weighted by atomic mass is 10.0. The van der Waals surface area contributed by atoms with Crippen LogP contribution in [0.3, 0.4) is 0 Å². The predicted molar refractivity (Wildman–Crippen MR) is 71.4 cm³/mol. The Kier molecular flexibility index (Phi) is 3.34. The number of benzene rings is 1. The summed E-state index contributed by atoms with van der Waals surface area (Å²) in [6, 6.07) is 5.86. The maximum atomic E-state index is 12.8. The van der Waals surface area contributed by atoms with Crippen molar-refractivity contribution in [3.8, 4) is 0 Å². The maximum Gasteiger partial charge on any atom is 0.233 e. The Morgan fingerprint density at radius 1 is 1.44 bits per heavy atom. The number of hydrogen-bond acceptors (Lipinski definition) is 2. The summed E-state index contributed by atoms with van der Waals surface area (Å²) in [7, 11) is 0. The van der Waals surface area contributed by atoms with Crippen molar-refractivity contribution in [3.63, 3.8) is 0 Å². The summed E-state index contributed by atoms with van der Waals surface area (Å²) in [5, 5.41) is 2.87. The van der Waals surface area contributed by atoms with Gasteiger partial charge in [0.2, 0.25) is 5.91 Å². The van der Waals surface area contributed by atoms with Gasteiger partial charge in [-0.1, -0.05) is 24.4 Å². The molecule has 0 aromatic heterocycles. The van der Waals surface area contributed by atoms with E-state index in [0.29, 0.717) is 12.8 Å². The molecule has 1 unspecified atom stereocenters. The van der Waals surface area contributed by atoms with E-state index >= 15 is 0 Å². The van der Waals surface area contributed by atoms with Crippen molar-refractivity contribution in [2.45, 2.75) is 25.8 Å². The normalized spacial score (nSPS) is 17.9. The molecular formula is C13H15FN2OS. The van der Waals surface area contributed by atoms with Gasteiger partial charge in [-0.2, -0.15) is 0 Å². The van der Waals surface area contributed by atoms with E-state index in [4.69, 9.17) is 18.0 Å². The molecule has 2 rings (SSSR count). The molecule has 96 valence electrons. The first-order valence-corrected chi connectivity index (χ1v) is 6.23. The molecule has 1 aromatic carbocycles. The summed E-state index contributed by atoms with van der Waals surface area (Å²) in [5.41, 5.74) is 5.79. The molecule has 0 spiro atoms. The summed E-state index contributed by atoms with van der Waals surface area (Å²) >= 11 is 4.92. The van der Waals surface area contributed by atoms with Gasteiger partial charge in [-0.05, 0) is 37.5 Å². The highest BCUT2D eigenvalue weighted by atomic mass is 32.1. The van der Waals surface area contributed by atoms with Crippen molar-refractivity contribution in [1.82, 2.24) is 5.32 Å². The van der Waals surface area contributed by atoms with Crippen LogP contribution in [0.1, 0.15) is 31.4 Å². The molecule has 3 N–H and O–H groups in total. The molecule has 0 aliphatic heterocycles. The number of thiocarbonyl (C=S) groups is 1. The second-order valence-electron chi connectivity index (χ2n) is 4.69. The van der Waals surface area contributed by atoms with Crippen LogP contribution in [-0.2, 0) is 4.79 Å². The Morgan fingerprint density at radius 3 is 2.44 bits per heavy atom. The van der Waals surface area contributed by atoms with Crippen molar-refractivity contribution in [3.05, 3.63) is 35.6 Å². The number of halogens is 1. The third kappa shape index (κ3) is 2.36. The summed E-state index contributed by atoms with van der Waals surface area (Å²) < 4.78 is 12.8. The van der Waals surface area contributed by atoms with Gasteiger partial charge in [-0.15, -0.1) is 0 Å². The Morgan fingerprint density at radius 2 is 2.00 bits per heavy atom. The van der Waals surface area contributed by atoms with Crippen LogP contribution in [0.5, 0.6) is 0 Å². The topological polar surface area (TPSA) is 55.1 Å². The van der Waals surface area contributed by atoms with Gasteiger partial charge in [0.25, 0.3) is 0 Å². The minimum atomic E-state index is -0.649. The van der Waals surface area contributed by atoms with Gasteiger partial charge in [-0.3, -0.25) is 4.79 Å². The number of rotatable bonds is 4. The highest BCUT2D eigenvalue weighted by Crippen LogP contribution is 2.46. The zero-order valence-corrected chi connectivity index (χ0v) is 10.9. The number of nitrogens with one attached hydrogen (secondary N) is 1. The molecule has 18 heavy (non-hydrogen) atoms. The van der Waals surface area contributed by atoms with Crippen LogP contribution in [0, 0.1) is 11.2 Å². The number of amides is 1. The number of carbonyl (C=O) groups is 1. The first-order chi connectivity index (χ1) is 8.45. The SMILES string of the molecule is CC(NC(=O)C1(C(N)=S)CC1)c1ccc(F)cc1. The molecule has 1 atom stereocenters. The Balaban J connectivity index is 2.04. The third-order valence-corrected chi connectivity index (χ3v) is 3.76. The average Bonchev–Trinajstić information content (AvgIpc) is 3.10. The number of nitrogens with two attached hydrogens (primary N) is 1. The second-order valence-corrected chi connectivity index (χ2v) is 5.13. The Bertz CT molecular complexity index is 482. The van der Waals surface area contributed by atoms with Gasteiger partial charge >= 0.3 is 0 Å². The molecule has 1 amide bonds. The lowest BCUT2D eigenvalue weighted by Gasteiger charge is -2.19. The van der Waals surface area contributed by atoms with Gasteiger partial charge in [0.15, 0.2) is 0 Å². The Labute approximate surface area is 111 Å². The molecule has 1 aromatic rings. The molecule has 1 aliphatic carbocycles. The zero-order chi connectivity index (χ0) is 13.3. The maximum absolute atomic E-state index is 12.8. The monoisotopic (exact) mass is 266 g/mol. The summed E-state index contributed by atoms with van der Waals surface area (Å²) in [6.45, 7) is 1.85. The first kappa shape index (κ1) is 13.0. The molecule has 0 heterocycles. The standard InChI is InChI=1S/C13H15FN2OS/c1-8(9-2-4-10(14)5-3-9)16-12(17)13(6-7-13)11(15)18/h2-5,8H,6-7H2,1H3,(H2,15,18)(H,16,17). The van der Waals surface area contributed by atoms with Gasteiger partial charge in [0.05, 0.1) is 16.4 Å². The van der Waals surface area contributed by atoms with Crippen LogP contribution in [-0.4, -0.2) is 10.9 Å². The fourth-order valence-corrected chi connectivity index (χ4v) is 2.18. The third-order valence-electron chi connectivity index (χ3n) is 3.37. The van der Waals surface area contributed by atoms with Crippen LogP contribution in [0.25, 0.3) is 0 Å². The first-order valence-electron chi connectivity index (χ1n) is 5.82. The van der Waals surface area contributed by atoms with E-state index in [-0.39, 0.29) is 22.8 Å². The zero-order valence-electron chi connectivity index (χ0n) is 10.1. The van der Waals surface area contributed by atoms with Crippen LogP contribution < -0.4 is 11.1 Å². The van der Waals surface area contributed by atoms with Crippen LogP contribution >= 0.6 is 12.2 Å². The van der Waals surface area contributed by atoms with Gasteiger partial charge in [0.1, 0.15) is 5.82 Å². The molecular weight excluding hydrogens is 251 g/mol. The lowest BCUT2D eigenvalue weighted by molar-refractivity contribution is -0.124. The number of hydrogen-bond donors (Lipinski definition) is 2. The lowest BCUT2D eigenvalue weighted by Crippen LogP contribution is -2.40. The highest BCUT2D eigenvalue weighted by Gasteiger charge is 2.52. The van der Waals surface area contributed by atoms with Crippen LogP contribution in [0.15, 0.2) is 24.3 Å². The van der Waals surface area contributed by atoms with Crippen molar-refractivity contribution in [1.29, 1.82) is 0 Å². The van der Waals surface area contributed by atoms with Crippen molar-refractivity contribution < 1.29 is 9.18 Å². The Hall–Kier alpha value is -1.49. The molecule has 3 nitrogen and oxygen atoms in total. The summed E-state index contributed by atoms with van der Waals surface area (Å²) in [5.74, 6) is -0.425. The van der Waals surface area contributed by atoms with E-state index in [1.165, 1.54) is 12.1 Å². The summed E-state index contributed by atoms with van der Waals surface area (Å²) in [6.07, 6.45) is 1.43. The fraction of sp³-hybridized carbons (Fsp3) is 0.385. The minimum absolute atomic E-state index is 0.133. The highest BCUT2D eigenvalue weighted by molar-refractivity contribution is 7.80. The van der Waals surface area contributed by atoms with E-state index in [1.807, 2.05) is 6.92 Å².